The lowest BCUT2D eigenvalue weighted by Gasteiger charge is -2.41. The molecule has 0 aliphatic carbocycles. The summed E-state index contributed by atoms with van der Waals surface area (Å²) in [6.45, 7) is 5.73. The van der Waals surface area contributed by atoms with Crippen LogP contribution in [0.1, 0.15) is 26.3 Å². The minimum absolute atomic E-state index is 0.0356. The number of benzene rings is 2. The first-order valence-electron chi connectivity index (χ1n) is 9.06. The summed E-state index contributed by atoms with van der Waals surface area (Å²) in [4.78, 5) is 14.1. The van der Waals surface area contributed by atoms with E-state index in [0.29, 0.717) is 5.75 Å². The zero-order valence-electron chi connectivity index (χ0n) is 16.0. The molecule has 0 saturated heterocycles. The maximum atomic E-state index is 12.3. The smallest absolute Gasteiger partial charge is 0.224 e. The average molecular weight is 392 g/mol. The average Bonchev–Trinajstić information content (AvgIpc) is 3.14. The number of thioether (sulfide) groups is 1. The summed E-state index contributed by atoms with van der Waals surface area (Å²) in [6.07, 6.45) is 2.17. The molecule has 4 rings (SSSR count). The number of hydrogen-bond donors (Lipinski definition) is 0. The van der Waals surface area contributed by atoms with Crippen molar-refractivity contribution in [3.8, 4) is 5.69 Å². The molecule has 28 heavy (non-hydrogen) atoms. The predicted molar refractivity (Wildman–Crippen MR) is 112 cm³/mol. The number of tetrazole rings is 1. The first-order chi connectivity index (χ1) is 13.5. The van der Waals surface area contributed by atoms with Crippen LogP contribution in [-0.2, 0) is 4.79 Å². The molecule has 3 aromatic rings. The van der Waals surface area contributed by atoms with E-state index in [1.807, 2.05) is 53.4 Å². The molecule has 1 aliphatic rings. The van der Waals surface area contributed by atoms with Gasteiger partial charge in [0.05, 0.1) is 16.9 Å². The second-order valence-electron chi connectivity index (χ2n) is 7.19. The summed E-state index contributed by atoms with van der Waals surface area (Å²) < 4.78 is 1.74. The van der Waals surface area contributed by atoms with Crippen LogP contribution in [0.15, 0.2) is 65.8 Å². The molecule has 0 N–H and O–H groups in total. The van der Waals surface area contributed by atoms with Crippen molar-refractivity contribution in [1.29, 1.82) is 0 Å². The zero-order valence-corrected chi connectivity index (χ0v) is 16.8. The standard InChI is InChI=1S/C21H21N5OS/c1-15(27)25-19-12-8-7-11-18(19)16(13-21(25,2)3)14-28-20-22-23-24-26(20)17-9-5-4-6-10-17/h4-13H,14H2,1-3H3. The van der Waals surface area contributed by atoms with Crippen LogP contribution >= 0.6 is 11.8 Å². The number of hydrogen-bond acceptors (Lipinski definition) is 5. The zero-order chi connectivity index (χ0) is 19.7. The molecule has 0 radical (unpaired) electrons. The number of aromatic nitrogens is 4. The molecule has 0 spiro atoms. The molecular formula is C21H21N5OS. The van der Waals surface area contributed by atoms with Crippen LogP contribution in [0.4, 0.5) is 5.69 Å². The van der Waals surface area contributed by atoms with Crippen LogP contribution in [0, 0.1) is 0 Å². The van der Waals surface area contributed by atoms with Crippen molar-refractivity contribution >= 4 is 28.9 Å². The fourth-order valence-corrected chi connectivity index (χ4v) is 4.54. The van der Waals surface area contributed by atoms with Gasteiger partial charge >= 0.3 is 0 Å². The molecule has 1 amide bonds. The van der Waals surface area contributed by atoms with E-state index in [1.165, 1.54) is 5.57 Å². The minimum atomic E-state index is -0.401. The van der Waals surface area contributed by atoms with E-state index in [2.05, 4.69) is 41.5 Å². The summed E-state index contributed by atoms with van der Waals surface area (Å²) in [5.41, 5.74) is 3.72. The van der Waals surface area contributed by atoms with Crippen molar-refractivity contribution in [3.63, 3.8) is 0 Å². The van der Waals surface area contributed by atoms with Gasteiger partial charge < -0.3 is 4.90 Å². The van der Waals surface area contributed by atoms with Crippen molar-refractivity contribution in [2.75, 3.05) is 10.7 Å². The van der Waals surface area contributed by atoms with Gasteiger partial charge in [0.25, 0.3) is 0 Å². The van der Waals surface area contributed by atoms with Crippen LogP contribution in [0.3, 0.4) is 0 Å². The minimum Gasteiger partial charge on any atom is -0.303 e. The number of nitrogens with zero attached hydrogens (tertiary/aromatic N) is 5. The van der Waals surface area contributed by atoms with Gasteiger partial charge in [0.2, 0.25) is 11.1 Å². The molecule has 2 aromatic carbocycles. The normalized spacial score (nSPS) is 15.1. The second-order valence-corrected chi connectivity index (χ2v) is 8.13. The topological polar surface area (TPSA) is 63.9 Å². The van der Waals surface area contributed by atoms with E-state index in [0.717, 1.165) is 22.1 Å². The Morgan fingerprint density at radius 3 is 2.54 bits per heavy atom. The fourth-order valence-electron chi connectivity index (χ4n) is 3.66. The van der Waals surface area contributed by atoms with Crippen LogP contribution < -0.4 is 4.90 Å². The predicted octanol–water partition coefficient (Wildman–Crippen LogP) is 3.98. The molecule has 6 nitrogen and oxygen atoms in total. The summed E-state index contributed by atoms with van der Waals surface area (Å²) >= 11 is 1.58. The Bertz CT molecular complexity index is 1040. The van der Waals surface area contributed by atoms with Gasteiger partial charge in [0.1, 0.15) is 0 Å². The van der Waals surface area contributed by atoms with E-state index >= 15 is 0 Å². The van der Waals surface area contributed by atoms with Gasteiger partial charge in [0, 0.05) is 18.2 Å². The quantitative estimate of drug-likeness (QED) is 0.630. The van der Waals surface area contributed by atoms with Crippen molar-refractivity contribution in [2.24, 2.45) is 0 Å². The molecular weight excluding hydrogens is 370 g/mol. The molecule has 2 heterocycles. The van der Waals surface area contributed by atoms with E-state index < -0.39 is 5.54 Å². The van der Waals surface area contributed by atoms with Gasteiger partial charge in [0.15, 0.2) is 0 Å². The Morgan fingerprint density at radius 1 is 1.07 bits per heavy atom. The summed E-state index contributed by atoms with van der Waals surface area (Å²) in [6, 6.07) is 17.9. The van der Waals surface area contributed by atoms with Gasteiger partial charge in [-0.3, -0.25) is 4.79 Å². The lowest BCUT2D eigenvalue weighted by atomic mass is 9.89. The molecule has 0 unspecified atom stereocenters. The highest BCUT2D eigenvalue weighted by atomic mass is 32.2. The van der Waals surface area contributed by atoms with E-state index in [9.17, 15) is 4.79 Å². The molecule has 1 aromatic heterocycles. The Kier molecular flexibility index (Phi) is 4.77. The van der Waals surface area contributed by atoms with Crippen LogP contribution in [0.2, 0.25) is 0 Å². The van der Waals surface area contributed by atoms with E-state index in [1.54, 1.807) is 23.4 Å². The Morgan fingerprint density at radius 2 is 1.79 bits per heavy atom. The van der Waals surface area contributed by atoms with Crippen molar-refractivity contribution in [3.05, 3.63) is 66.2 Å². The molecule has 0 saturated carbocycles. The number of para-hydroxylation sites is 2. The maximum Gasteiger partial charge on any atom is 0.224 e. The largest absolute Gasteiger partial charge is 0.303 e. The number of carbonyl (C=O) groups excluding carboxylic acids is 1. The van der Waals surface area contributed by atoms with Crippen molar-refractivity contribution in [2.45, 2.75) is 31.5 Å². The van der Waals surface area contributed by atoms with Gasteiger partial charge in [-0.2, -0.15) is 4.68 Å². The first kappa shape index (κ1) is 18.4. The van der Waals surface area contributed by atoms with Gasteiger partial charge in [-0.1, -0.05) is 54.2 Å². The fraction of sp³-hybridized carbons (Fsp3) is 0.238. The molecule has 142 valence electrons. The summed E-state index contributed by atoms with van der Waals surface area (Å²) in [7, 11) is 0. The van der Waals surface area contributed by atoms with Crippen molar-refractivity contribution in [1.82, 2.24) is 20.2 Å². The van der Waals surface area contributed by atoms with Crippen LogP contribution in [0.25, 0.3) is 11.3 Å². The van der Waals surface area contributed by atoms with Gasteiger partial charge in [-0.25, -0.2) is 0 Å². The Balaban J connectivity index is 1.65. The first-order valence-corrected chi connectivity index (χ1v) is 10.0. The third kappa shape index (κ3) is 3.33. The number of fused-ring (bicyclic) bond motifs is 1. The highest BCUT2D eigenvalue weighted by Crippen LogP contribution is 2.40. The third-order valence-corrected chi connectivity index (χ3v) is 5.68. The van der Waals surface area contributed by atoms with E-state index in [-0.39, 0.29) is 5.91 Å². The molecule has 0 fully saturated rings. The molecule has 0 bridgehead atoms. The van der Waals surface area contributed by atoms with Gasteiger partial charge in [-0.05, 0) is 48.0 Å². The highest BCUT2D eigenvalue weighted by molar-refractivity contribution is 7.99. The number of anilines is 1. The second kappa shape index (κ2) is 7.24. The molecule has 7 heteroatoms. The monoisotopic (exact) mass is 391 g/mol. The maximum absolute atomic E-state index is 12.3. The Hall–Kier alpha value is -2.93. The van der Waals surface area contributed by atoms with Crippen molar-refractivity contribution < 1.29 is 4.79 Å². The number of rotatable bonds is 4. The highest BCUT2D eigenvalue weighted by Gasteiger charge is 2.34. The van der Waals surface area contributed by atoms with Gasteiger partial charge in [-0.15, -0.1) is 5.10 Å². The van der Waals surface area contributed by atoms with Crippen LogP contribution in [0.5, 0.6) is 0 Å². The number of carbonyl (C=O) groups is 1. The van der Waals surface area contributed by atoms with Crippen LogP contribution in [-0.4, -0.2) is 37.4 Å². The third-order valence-electron chi connectivity index (χ3n) is 4.71. The SMILES string of the molecule is CC(=O)N1c2ccccc2C(CSc2nnnn2-c2ccccc2)=CC1(C)C. The molecule has 0 atom stereocenters. The van der Waals surface area contributed by atoms with E-state index in [4.69, 9.17) is 0 Å². The lowest BCUT2D eigenvalue weighted by Crippen LogP contribution is -2.48. The number of amides is 1. The summed E-state index contributed by atoms with van der Waals surface area (Å²) in [5.74, 6) is 0.743. The Labute approximate surface area is 168 Å². The molecule has 1 aliphatic heterocycles. The lowest BCUT2D eigenvalue weighted by molar-refractivity contribution is -0.117. The summed E-state index contributed by atoms with van der Waals surface area (Å²) in [5, 5.41) is 12.9.